The maximum atomic E-state index is 5.66. The highest BCUT2D eigenvalue weighted by atomic mass is 32.1. The molecule has 1 fully saturated rings. The molecule has 1 aromatic carbocycles. The summed E-state index contributed by atoms with van der Waals surface area (Å²) in [5.41, 5.74) is 1.43. The van der Waals surface area contributed by atoms with Crippen molar-refractivity contribution in [1.29, 1.82) is 0 Å². The molecule has 1 aliphatic rings. The van der Waals surface area contributed by atoms with Gasteiger partial charge in [0.15, 0.2) is 0 Å². The lowest BCUT2D eigenvalue weighted by Gasteiger charge is -2.14. The van der Waals surface area contributed by atoms with Gasteiger partial charge in [-0.15, -0.1) is 11.3 Å². The van der Waals surface area contributed by atoms with Gasteiger partial charge in [-0.25, -0.2) is 0 Å². The van der Waals surface area contributed by atoms with Crippen LogP contribution < -0.4 is 5.32 Å². The van der Waals surface area contributed by atoms with Crippen molar-refractivity contribution < 1.29 is 4.74 Å². The van der Waals surface area contributed by atoms with Gasteiger partial charge in [-0.2, -0.15) is 0 Å². The van der Waals surface area contributed by atoms with E-state index in [0.717, 1.165) is 13.2 Å². The molecule has 1 saturated heterocycles. The lowest BCUT2D eigenvalue weighted by Crippen LogP contribution is -2.20. The molecule has 0 radical (unpaired) electrons. The Morgan fingerprint density at radius 2 is 2.30 bits per heavy atom. The summed E-state index contributed by atoms with van der Waals surface area (Å²) in [5, 5.41) is 7.35. The molecule has 0 spiro atoms. The molecule has 3 heteroatoms. The first-order valence-electron chi connectivity index (χ1n) is 7.65. The highest BCUT2D eigenvalue weighted by molar-refractivity contribution is 7.17. The normalized spacial score (nSPS) is 20.6. The van der Waals surface area contributed by atoms with Crippen LogP contribution in [-0.2, 0) is 4.74 Å². The second-order valence-electron chi connectivity index (χ2n) is 5.64. The zero-order valence-corrected chi connectivity index (χ0v) is 12.9. The molecule has 20 heavy (non-hydrogen) atoms. The van der Waals surface area contributed by atoms with E-state index in [0.29, 0.717) is 12.1 Å². The van der Waals surface area contributed by atoms with Crippen molar-refractivity contribution in [3.05, 3.63) is 35.2 Å². The van der Waals surface area contributed by atoms with E-state index in [1.165, 1.54) is 41.3 Å². The molecule has 108 valence electrons. The molecule has 2 unspecified atom stereocenters. The third-order valence-electron chi connectivity index (χ3n) is 4.15. The van der Waals surface area contributed by atoms with Crippen LogP contribution in [0.15, 0.2) is 29.6 Å². The lowest BCUT2D eigenvalue weighted by molar-refractivity contribution is 0.102. The smallest absolute Gasteiger partial charge is 0.0576 e. The molecule has 2 aromatic rings. The van der Waals surface area contributed by atoms with Crippen molar-refractivity contribution in [3.8, 4) is 0 Å². The first-order valence-corrected chi connectivity index (χ1v) is 8.53. The third-order valence-corrected chi connectivity index (χ3v) is 5.14. The molecule has 0 aliphatic carbocycles. The minimum absolute atomic E-state index is 0.427. The second-order valence-corrected chi connectivity index (χ2v) is 6.55. The number of hydrogen-bond acceptors (Lipinski definition) is 3. The van der Waals surface area contributed by atoms with E-state index >= 15 is 0 Å². The quantitative estimate of drug-likeness (QED) is 0.790. The van der Waals surface area contributed by atoms with Crippen molar-refractivity contribution in [3.63, 3.8) is 0 Å². The summed E-state index contributed by atoms with van der Waals surface area (Å²) in [6, 6.07) is 9.10. The van der Waals surface area contributed by atoms with E-state index in [-0.39, 0.29) is 0 Å². The van der Waals surface area contributed by atoms with E-state index in [2.05, 4.69) is 41.9 Å². The molecule has 0 amide bonds. The van der Waals surface area contributed by atoms with Gasteiger partial charge in [-0.3, -0.25) is 0 Å². The van der Waals surface area contributed by atoms with Gasteiger partial charge in [0.05, 0.1) is 6.10 Å². The number of thiophene rings is 1. The Kier molecular flexibility index (Phi) is 4.71. The molecule has 2 nitrogen and oxygen atoms in total. The number of hydrogen-bond donors (Lipinski definition) is 1. The number of ether oxygens (including phenoxy) is 1. The van der Waals surface area contributed by atoms with Gasteiger partial charge in [-0.05, 0) is 61.5 Å². The van der Waals surface area contributed by atoms with Gasteiger partial charge in [0, 0.05) is 17.3 Å². The average molecular weight is 289 g/mol. The van der Waals surface area contributed by atoms with Crippen molar-refractivity contribution in [1.82, 2.24) is 5.32 Å². The third kappa shape index (κ3) is 3.22. The molecule has 3 rings (SSSR count). The minimum Gasteiger partial charge on any atom is -0.378 e. The maximum Gasteiger partial charge on any atom is 0.0576 e. The molecule has 0 bridgehead atoms. The molecule has 2 heterocycles. The minimum atomic E-state index is 0.427. The Morgan fingerprint density at radius 3 is 3.15 bits per heavy atom. The predicted octanol–water partition coefficient (Wildman–Crippen LogP) is 4.51. The highest BCUT2D eigenvalue weighted by Gasteiger charge is 2.15. The summed E-state index contributed by atoms with van der Waals surface area (Å²) in [6.45, 7) is 4.31. The Bertz CT molecular complexity index is 545. The Hall–Kier alpha value is -0.900. The molecular weight excluding hydrogens is 266 g/mol. The Balaban J connectivity index is 1.50. The summed E-state index contributed by atoms with van der Waals surface area (Å²) in [5.74, 6) is 0. The van der Waals surface area contributed by atoms with Crippen LogP contribution in [0.4, 0.5) is 0 Å². The standard InChI is InChI=1S/C17H23NOS/c1-13(18-10-4-6-14-7-5-11-19-14)16-12-20-17-9-3-2-8-15(16)17/h2-3,8-9,12-14,18H,4-7,10-11H2,1H3. The van der Waals surface area contributed by atoms with Gasteiger partial charge in [0.25, 0.3) is 0 Å². The Labute approximate surface area is 125 Å². The molecule has 0 saturated carbocycles. The van der Waals surface area contributed by atoms with Crippen LogP contribution in [0.3, 0.4) is 0 Å². The van der Waals surface area contributed by atoms with Crippen molar-refractivity contribution >= 4 is 21.4 Å². The van der Waals surface area contributed by atoms with Crippen LogP contribution in [-0.4, -0.2) is 19.3 Å². The first kappa shape index (κ1) is 14.1. The fourth-order valence-electron chi connectivity index (χ4n) is 2.96. The van der Waals surface area contributed by atoms with E-state index < -0.39 is 0 Å². The summed E-state index contributed by atoms with van der Waals surface area (Å²) < 4.78 is 7.05. The van der Waals surface area contributed by atoms with Gasteiger partial charge in [0.2, 0.25) is 0 Å². The Morgan fingerprint density at radius 1 is 1.40 bits per heavy atom. The van der Waals surface area contributed by atoms with Crippen LogP contribution in [0.2, 0.25) is 0 Å². The van der Waals surface area contributed by atoms with Crippen LogP contribution in [0.5, 0.6) is 0 Å². The van der Waals surface area contributed by atoms with Crippen molar-refractivity contribution in [2.45, 2.75) is 44.8 Å². The summed E-state index contributed by atoms with van der Waals surface area (Å²) in [7, 11) is 0. The monoisotopic (exact) mass is 289 g/mol. The number of fused-ring (bicyclic) bond motifs is 1. The van der Waals surface area contributed by atoms with E-state index in [1.807, 2.05) is 11.3 Å². The maximum absolute atomic E-state index is 5.66. The fourth-order valence-corrected chi connectivity index (χ4v) is 4.02. The average Bonchev–Trinajstić information content (AvgIpc) is 3.12. The highest BCUT2D eigenvalue weighted by Crippen LogP contribution is 2.30. The zero-order valence-electron chi connectivity index (χ0n) is 12.1. The zero-order chi connectivity index (χ0) is 13.8. The first-order chi connectivity index (χ1) is 9.84. The second kappa shape index (κ2) is 6.70. The summed E-state index contributed by atoms with van der Waals surface area (Å²) in [4.78, 5) is 0. The molecule has 1 N–H and O–H groups in total. The topological polar surface area (TPSA) is 21.3 Å². The number of nitrogens with one attached hydrogen (secondary N) is 1. The van der Waals surface area contributed by atoms with E-state index in [9.17, 15) is 0 Å². The lowest BCUT2D eigenvalue weighted by atomic mass is 10.1. The van der Waals surface area contributed by atoms with E-state index in [4.69, 9.17) is 4.74 Å². The van der Waals surface area contributed by atoms with Gasteiger partial charge in [0.1, 0.15) is 0 Å². The van der Waals surface area contributed by atoms with Gasteiger partial charge < -0.3 is 10.1 Å². The SMILES string of the molecule is CC(NCCCC1CCCO1)c1csc2ccccc12. The van der Waals surface area contributed by atoms with Crippen molar-refractivity contribution in [2.75, 3.05) is 13.2 Å². The van der Waals surface area contributed by atoms with Crippen molar-refractivity contribution in [2.24, 2.45) is 0 Å². The van der Waals surface area contributed by atoms with Gasteiger partial charge in [-0.1, -0.05) is 18.2 Å². The van der Waals surface area contributed by atoms with Crippen LogP contribution in [0.1, 0.15) is 44.2 Å². The summed E-state index contributed by atoms with van der Waals surface area (Å²) in [6.07, 6.45) is 5.43. The molecule has 1 aromatic heterocycles. The number of benzene rings is 1. The molecule has 1 aliphatic heterocycles. The van der Waals surface area contributed by atoms with Crippen LogP contribution in [0.25, 0.3) is 10.1 Å². The fraction of sp³-hybridized carbons (Fsp3) is 0.529. The number of rotatable bonds is 6. The van der Waals surface area contributed by atoms with E-state index in [1.54, 1.807) is 0 Å². The van der Waals surface area contributed by atoms with Gasteiger partial charge >= 0.3 is 0 Å². The predicted molar refractivity (Wildman–Crippen MR) is 86.5 cm³/mol. The summed E-state index contributed by atoms with van der Waals surface area (Å²) >= 11 is 1.84. The largest absolute Gasteiger partial charge is 0.378 e. The van der Waals surface area contributed by atoms with Crippen LogP contribution >= 0.6 is 11.3 Å². The molecular formula is C17H23NOS. The van der Waals surface area contributed by atoms with Crippen LogP contribution in [0, 0.1) is 0 Å². The molecule has 2 atom stereocenters.